The number of aromatic nitrogens is 4. The molecule has 3 aromatic rings. The summed E-state index contributed by atoms with van der Waals surface area (Å²) in [4.78, 5) is 27.9. The highest BCUT2D eigenvalue weighted by Gasteiger charge is 2.43. The Labute approximate surface area is 207 Å². The van der Waals surface area contributed by atoms with Gasteiger partial charge in [0.25, 0.3) is 0 Å². The van der Waals surface area contributed by atoms with Gasteiger partial charge in [0.1, 0.15) is 17.8 Å². The van der Waals surface area contributed by atoms with E-state index in [0.29, 0.717) is 16.9 Å². The number of ether oxygens (including phenoxy) is 2. The van der Waals surface area contributed by atoms with Crippen LogP contribution in [0.15, 0.2) is 71.5 Å². The number of methoxy groups -OCH3 is 2. The van der Waals surface area contributed by atoms with Gasteiger partial charge in [0.05, 0.1) is 48.7 Å². The second-order valence-corrected chi connectivity index (χ2v) is 8.00. The normalized spacial score (nSPS) is 15.5. The number of nitriles is 1. The zero-order chi connectivity index (χ0) is 26.0. The van der Waals surface area contributed by atoms with E-state index in [-0.39, 0.29) is 22.7 Å². The summed E-state index contributed by atoms with van der Waals surface area (Å²) in [5, 5.41) is 21.5. The van der Waals surface area contributed by atoms with Crippen LogP contribution in [0.25, 0.3) is 5.69 Å². The highest BCUT2D eigenvalue weighted by atomic mass is 16.5. The van der Waals surface area contributed by atoms with E-state index in [4.69, 9.17) is 15.2 Å². The molecule has 0 saturated carbocycles. The van der Waals surface area contributed by atoms with Crippen LogP contribution in [0.4, 0.5) is 5.69 Å². The van der Waals surface area contributed by atoms with Gasteiger partial charge in [0, 0.05) is 0 Å². The Hall–Kier alpha value is -4.98. The summed E-state index contributed by atoms with van der Waals surface area (Å²) in [5.74, 6) is -2.57. The van der Waals surface area contributed by atoms with Crippen molar-refractivity contribution in [1.29, 1.82) is 5.26 Å². The van der Waals surface area contributed by atoms with Crippen LogP contribution in [0, 0.1) is 25.2 Å². The van der Waals surface area contributed by atoms with Gasteiger partial charge in [-0.05, 0) is 53.1 Å². The van der Waals surface area contributed by atoms with E-state index in [2.05, 4.69) is 21.6 Å². The molecular formula is C25H23N7O4. The number of hydrogen-bond acceptors (Lipinski definition) is 10. The molecule has 1 atom stereocenters. The van der Waals surface area contributed by atoms with Gasteiger partial charge >= 0.3 is 11.9 Å². The third-order valence-electron chi connectivity index (χ3n) is 6.09. The molecular weight excluding hydrogens is 462 g/mol. The van der Waals surface area contributed by atoms with Gasteiger partial charge in [-0.3, -0.25) is 4.90 Å². The molecule has 1 aliphatic rings. The highest BCUT2D eigenvalue weighted by molar-refractivity contribution is 6.06. The fourth-order valence-corrected chi connectivity index (χ4v) is 4.23. The number of tetrazole rings is 1. The monoisotopic (exact) mass is 485 g/mol. The van der Waals surface area contributed by atoms with Gasteiger partial charge in [0.2, 0.25) is 0 Å². The number of hydrogen-bond donors (Lipinski definition) is 1. The average Bonchev–Trinajstić information content (AvgIpc) is 3.44. The molecule has 0 radical (unpaired) electrons. The molecule has 0 saturated heterocycles. The SMILES string of the molecule is COC(=O)C1=C(C(=O)OC)N(c2cc(-n3cnnn3)cc(C)c2C)C(N)=C(C#N)C1c1ccccc1. The standard InChI is InChI=1S/C25H23N7O4/c1-14-10-17(31-13-28-29-30-31)11-19(15(14)2)32-22(25(34)36-4)21(24(33)35-3)20(18(12-26)23(32)27)16-8-6-5-7-9-16/h5-11,13,20H,27H2,1-4H3. The van der Waals surface area contributed by atoms with Gasteiger partial charge in [-0.15, -0.1) is 5.10 Å². The molecule has 0 bridgehead atoms. The van der Waals surface area contributed by atoms with Crippen molar-refractivity contribution < 1.29 is 19.1 Å². The summed E-state index contributed by atoms with van der Waals surface area (Å²) < 4.78 is 11.6. The summed E-state index contributed by atoms with van der Waals surface area (Å²) in [6, 6.07) is 14.5. The van der Waals surface area contributed by atoms with Crippen molar-refractivity contribution in [3.8, 4) is 11.8 Å². The number of esters is 2. The van der Waals surface area contributed by atoms with E-state index in [1.165, 1.54) is 30.1 Å². The molecule has 1 aliphatic heterocycles. The molecule has 11 heteroatoms. The van der Waals surface area contributed by atoms with Crippen molar-refractivity contribution in [3.63, 3.8) is 0 Å². The van der Waals surface area contributed by atoms with Crippen molar-refractivity contribution >= 4 is 17.6 Å². The quantitative estimate of drug-likeness (QED) is 0.533. The number of carbonyl (C=O) groups excluding carboxylic acids is 2. The van der Waals surface area contributed by atoms with Crippen molar-refractivity contribution in [1.82, 2.24) is 20.2 Å². The first-order valence-electron chi connectivity index (χ1n) is 10.8. The van der Waals surface area contributed by atoms with Gasteiger partial charge < -0.3 is 15.2 Å². The summed E-state index contributed by atoms with van der Waals surface area (Å²) in [7, 11) is 2.41. The lowest BCUT2D eigenvalue weighted by Crippen LogP contribution is -2.41. The molecule has 1 unspecified atom stereocenters. The van der Waals surface area contributed by atoms with Crippen LogP contribution < -0.4 is 10.6 Å². The van der Waals surface area contributed by atoms with Crippen LogP contribution in [-0.2, 0) is 19.1 Å². The van der Waals surface area contributed by atoms with E-state index in [0.717, 1.165) is 11.1 Å². The van der Waals surface area contributed by atoms with Crippen molar-refractivity contribution in [3.05, 3.63) is 88.1 Å². The molecule has 0 fully saturated rings. The Morgan fingerprint density at radius 1 is 1.08 bits per heavy atom. The third-order valence-corrected chi connectivity index (χ3v) is 6.09. The number of anilines is 1. The molecule has 4 rings (SSSR count). The number of rotatable bonds is 5. The summed E-state index contributed by atoms with van der Waals surface area (Å²) in [6.07, 6.45) is 1.42. The number of carbonyl (C=O) groups is 2. The smallest absolute Gasteiger partial charge is 0.355 e. The summed E-state index contributed by atoms with van der Waals surface area (Å²) in [5.41, 5.74) is 9.68. The van der Waals surface area contributed by atoms with Crippen molar-refractivity contribution in [2.24, 2.45) is 5.73 Å². The Kier molecular flexibility index (Phi) is 6.52. The summed E-state index contributed by atoms with van der Waals surface area (Å²) >= 11 is 0. The van der Waals surface area contributed by atoms with Gasteiger partial charge in [-0.2, -0.15) is 5.26 Å². The molecule has 2 heterocycles. The Morgan fingerprint density at radius 3 is 2.36 bits per heavy atom. The van der Waals surface area contributed by atoms with Crippen molar-refractivity contribution in [2.75, 3.05) is 19.1 Å². The maximum absolute atomic E-state index is 13.3. The van der Waals surface area contributed by atoms with Gasteiger partial charge in [-0.25, -0.2) is 14.3 Å². The van der Waals surface area contributed by atoms with Crippen LogP contribution in [0.3, 0.4) is 0 Å². The second-order valence-electron chi connectivity index (χ2n) is 8.00. The minimum absolute atomic E-state index is 0.0178. The Bertz CT molecular complexity index is 1440. The molecule has 0 spiro atoms. The van der Waals surface area contributed by atoms with Crippen LogP contribution >= 0.6 is 0 Å². The lowest BCUT2D eigenvalue weighted by Gasteiger charge is -2.37. The Balaban J connectivity index is 2.10. The van der Waals surface area contributed by atoms with E-state index < -0.39 is 17.9 Å². The topological polar surface area (TPSA) is 149 Å². The second kappa shape index (κ2) is 9.71. The minimum Gasteiger partial charge on any atom is -0.466 e. The first-order valence-corrected chi connectivity index (χ1v) is 10.8. The fourth-order valence-electron chi connectivity index (χ4n) is 4.23. The molecule has 182 valence electrons. The summed E-state index contributed by atoms with van der Waals surface area (Å²) in [6.45, 7) is 3.71. The first-order chi connectivity index (χ1) is 17.3. The third kappa shape index (κ3) is 3.94. The molecule has 2 aromatic carbocycles. The number of nitrogens with two attached hydrogens (primary N) is 1. The maximum Gasteiger partial charge on any atom is 0.355 e. The van der Waals surface area contributed by atoms with Crippen LogP contribution in [-0.4, -0.2) is 46.4 Å². The van der Waals surface area contributed by atoms with E-state index >= 15 is 0 Å². The molecule has 11 nitrogen and oxygen atoms in total. The number of nitrogens with zero attached hydrogens (tertiary/aromatic N) is 6. The number of allylic oxidation sites excluding steroid dienone is 1. The van der Waals surface area contributed by atoms with E-state index in [1.807, 2.05) is 19.9 Å². The predicted octanol–water partition coefficient (Wildman–Crippen LogP) is 2.18. The molecule has 36 heavy (non-hydrogen) atoms. The first kappa shape index (κ1) is 24.2. The number of benzene rings is 2. The predicted molar refractivity (Wildman–Crippen MR) is 128 cm³/mol. The van der Waals surface area contributed by atoms with Crippen LogP contribution in [0.2, 0.25) is 0 Å². The van der Waals surface area contributed by atoms with Gasteiger partial charge in [0.15, 0.2) is 0 Å². The lowest BCUT2D eigenvalue weighted by atomic mass is 9.80. The highest BCUT2D eigenvalue weighted by Crippen LogP contribution is 2.44. The maximum atomic E-state index is 13.3. The van der Waals surface area contributed by atoms with E-state index in [1.54, 1.807) is 36.4 Å². The molecule has 0 amide bonds. The van der Waals surface area contributed by atoms with E-state index in [9.17, 15) is 14.9 Å². The zero-order valence-corrected chi connectivity index (χ0v) is 20.1. The van der Waals surface area contributed by atoms with Crippen molar-refractivity contribution in [2.45, 2.75) is 19.8 Å². The van der Waals surface area contributed by atoms with Crippen LogP contribution in [0.5, 0.6) is 0 Å². The largest absolute Gasteiger partial charge is 0.466 e. The lowest BCUT2D eigenvalue weighted by molar-refractivity contribution is -0.139. The zero-order valence-electron chi connectivity index (χ0n) is 20.1. The van der Waals surface area contributed by atoms with Crippen LogP contribution in [0.1, 0.15) is 22.6 Å². The molecule has 1 aromatic heterocycles. The van der Waals surface area contributed by atoms with Gasteiger partial charge in [-0.1, -0.05) is 30.3 Å². The molecule has 0 aliphatic carbocycles. The number of aryl methyl sites for hydroxylation is 1. The average molecular weight is 486 g/mol. The fraction of sp³-hybridized carbons (Fsp3) is 0.200. The molecule has 2 N–H and O–H groups in total. The Morgan fingerprint density at radius 2 is 1.78 bits per heavy atom. The minimum atomic E-state index is -0.946.